The number of aromatic nitrogens is 2. The molecule has 1 spiro atoms. The molecule has 4 rings (SSSR count). The molecule has 0 radical (unpaired) electrons. The molecule has 2 aliphatic heterocycles. The number of carbonyl (C=O) groups excluding carboxylic acids is 1. The Hall–Kier alpha value is -2.18. The molecule has 0 aliphatic carbocycles. The summed E-state index contributed by atoms with van der Waals surface area (Å²) in [5.41, 5.74) is 0.973. The van der Waals surface area contributed by atoms with Gasteiger partial charge in [-0.05, 0) is 31.4 Å². The van der Waals surface area contributed by atoms with Gasteiger partial charge in [0.2, 0.25) is 5.91 Å². The molecule has 3 heterocycles. The van der Waals surface area contributed by atoms with Crippen LogP contribution in [0.1, 0.15) is 25.3 Å². The van der Waals surface area contributed by atoms with E-state index in [1.165, 1.54) is 0 Å². The maximum atomic E-state index is 12.7. The van der Waals surface area contributed by atoms with E-state index >= 15 is 0 Å². The second-order valence-electron chi connectivity index (χ2n) is 8.12. The van der Waals surface area contributed by atoms with Crippen molar-refractivity contribution >= 4 is 5.91 Å². The molecule has 6 nitrogen and oxygen atoms in total. The van der Waals surface area contributed by atoms with Gasteiger partial charge in [0, 0.05) is 44.6 Å². The summed E-state index contributed by atoms with van der Waals surface area (Å²) >= 11 is 0. The highest BCUT2D eigenvalue weighted by atomic mass is 16.5. The van der Waals surface area contributed by atoms with E-state index in [-0.39, 0.29) is 11.5 Å². The molecule has 1 atom stereocenters. The summed E-state index contributed by atoms with van der Waals surface area (Å²) in [4.78, 5) is 17.2. The lowest BCUT2D eigenvalue weighted by molar-refractivity contribution is -0.154. The summed E-state index contributed by atoms with van der Waals surface area (Å²) in [6.45, 7) is 7.39. The average Bonchev–Trinajstić information content (AvgIpc) is 3.22. The minimum absolute atomic E-state index is 0.111. The zero-order valence-corrected chi connectivity index (χ0v) is 16.7. The Morgan fingerprint density at radius 2 is 1.96 bits per heavy atom. The molecule has 2 fully saturated rings. The van der Waals surface area contributed by atoms with Crippen molar-refractivity contribution in [2.45, 2.75) is 44.4 Å². The number of hydrogen-bond acceptors (Lipinski definition) is 4. The van der Waals surface area contributed by atoms with Gasteiger partial charge in [0.05, 0.1) is 25.2 Å². The molecule has 2 aliphatic rings. The Balaban J connectivity index is 1.31. The second-order valence-corrected chi connectivity index (χ2v) is 8.12. The summed E-state index contributed by atoms with van der Waals surface area (Å²) in [6, 6.07) is 12.4. The standard InChI is InChI=1S/C22H30N4O2/c1-19(17-26-11-5-10-23-26)25-14-15-28-22(18-25)8-12-24(13-9-22)21(27)16-20-6-3-2-4-7-20/h2-7,10-11,19H,8-9,12-18H2,1H3. The number of morpholine rings is 1. The van der Waals surface area contributed by atoms with Crippen molar-refractivity contribution in [3.63, 3.8) is 0 Å². The second kappa shape index (κ2) is 8.45. The SMILES string of the molecule is CC(Cn1cccn1)N1CCOC2(CCN(C(=O)Cc3ccccc3)CC2)C1. The van der Waals surface area contributed by atoms with Crippen LogP contribution < -0.4 is 0 Å². The van der Waals surface area contributed by atoms with Gasteiger partial charge in [0.25, 0.3) is 0 Å². The highest BCUT2D eigenvalue weighted by Crippen LogP contribution is 2.31. The predicted molar refractivity (Wildman–Crippen MR) is 108 cm³/mol. The minimum Gasteiger partial charge on any atom is -0.372 e. The van der Waals surface area contributed by atoms with Gasteiger partial charge in [0.15, 0.2) is 0 Å². The normalized spacial score (nSPS) is 21.0. The zero-order chi connectivity index (χ0) is 19.4. The third-order valence-electron chi connectivity index (χ3n) is 6.14. The first-order chi connectivity index (χ1) is 13.6. The van der Waals surface area contributed by atoms with Crippen molar-refractivity contribution < 1.29 is 9.53 Å². The largest absolute Gasteiger partial charge is 0.372 e. The van der Waals surface area contributed by atoms with E-state index in [4.69, 9.17) is 4.74 Å². The number of likely N-dealkylation sites (tertiary alicyclic amines) is 1. The first kappa shape index (κ1) is 19.2. The van der Waals surface area contributed by atoms with E-state index in [9.17, 15) is 4.79 Å². The molecule has 150 valence electrons. The molecule has 6 heteroatoms. The van der Waals surface area contributed by atoms with E-state index in [0.29, 0.717) is 12.5 Å². The molecule has 2 aromatic rings. The van der Waals surface area contributed by atoms with Crippen LogP contribution in [-0.4, -0.2) is 69.9 Å². The van der Waals surface area contributed by atoms with E-state index in [2.05, 4.69) is 16.9 Å². The number of rotatable bonds is 5. The van der Waals surface area contributed by atoms with Gasteiger partial charge < -0.3 is 9.64 Å². The number of ether oxygens (including phenoxy) is 1. The number of amides is 1. The molecule has 28 heavy (non-hydrogen) atoms. The third-order valence-corrected chi connectivity index (χ3v) is 6.14. The number of hydrogen-bond donors (Lipinski definition) is 0. The van der Waals surface area contributed by atoms with Crippen molar-refractivity contribution in [2.75, 3.05) is 32.8 Å². The summed E-state index contributed by atoms with van der Waals surface area (Å²) in [5.74, 6) is 0.223. The Bertz CT molecular complexity index is 754. The summed E-state index contributed by atoms with van der Waals surface area (Å²) in [7, 11) is 0. The fourth-order valence-electron chi connectivity index (χ4n) is 4.39. The molecule has 0 bridgehead atoms. The van der Waals surface area contributed by atoms with Gasteiger partial charge in [-0.3, -0.25) is 14.4 Å². The quantitative estimate of drug-likeness (QED) is 0.796. The van der Waals surface area contributed by atoms with Gasteiger partial charge in [-0.15, -0.1) is 0 Å². The van der Waals surface area contributed by atoms with Crippen molar-refractivity contribution in [3.05, 3.63) is 54.4 Å². The van der Waals surface area contributed by atoms with Crippen LogP contribution in [0, 0.1) is 0 Å². The summed E-state index contributed by atoms with van der Waals surface area (Å²) in [6.07, 6.45) is 6.16. The van der Waals surface area contributed by atoms with Crippen LogP contribution in [0.2, 0.25) is 0 Å². The molecular weight excluding hydrogens is 352 g/mol. The van der Waals surface area contributed by atoms with Gasteiger partial charge >= 0.3 is 0 Å². The van der Waals surface area contributed by atoms with Crippen LogP contribution in [0.3, 0.4) is 0 Å². The zero-order valence-electron chi connectivity index (χ0n) is 16.7. The maximum absolute atomic E-state index is 12.7. The Kier molecular flexibility index (Phi) is 5.78. The van der Waals surface area contributed by atoms with Crippen molar-refractivity contribution in [3.8, 4) is 0 Å². The topological polar surface area (TPSA) is 50.6 Å². The lowest BCUT2D eigenvalue weighted by Crippen LogP contribution is -2.59. The first-order valence-electron chi connectivity index (χ1n) is 10.3. The van der Waals surface area contributed by atoms with Gasteiger partial charge in [-0.2, -0.15) is 5.10 Å². The highest BCUT2D eigenvalue weighted by Gasteiger charge is 2.41. The Morgan fingerprint density at radius 1 is 1.18 bits per heavy atom. The summed E-state index contributed by atoms with van der Waals surface area (Å²) < 4.78 is 8.26. The Labute approximate surface area is 167 Å². The molecule has 1 aromatic heterocycles. The Morgan fingerprint density at radius 3 is 2.68 bits per heavy atom. The third kappa shape index (κ3) is 4.45. The van der Waals surface area contributed by atoms with Crippen molar-refractivity contribution in [2.24, 2.45) is 0 Å². The number of carbonyl (C=O) groups is 1. The fraction of sp³-hybridized carbons (Fsp3) is 0.545. The van der Waals surface area contributed by atoms with Crippen molar-refractivity contribution in [1.29, 1.82) is 0 Å². The van der Waals surface area contributed by atoms with E-state index in [0.717, 1.165) is 57.7 Å². The van der Waals surface area contributed by atoms with Crippen LogP contribution in [0.5, 0.6) is 0 Å². The van der Waals surface area contributed by atoms with E-state index in [1.54, 1.807) is 0 Å². The van der Waals surface area contributed by atoms with Crippen LogP contribution in [-0.2, 0) is 22.5 Å². The highest BCUT2D eigenvalue weighted by molar-refractivity contribution is 5.78. The lowest BCUT2D eigenvalue weighted by Gasteiger charge is -2.48. The van der Waals surface area contributed by atoms with Gasteiger partial charge in [-0.1, -0.05) is 30.3 Å². The van der Waals surface area contributed by atoms with Gasteiger partial charge in [0.1, 0.15) is 0 Å². The fourth-order valence-corrected chi connectivity index (χ4v) is 4.39. The van der Waals surface area contributed by atoms with Gasteiger partial charge in [-0.25, -0.2) is 0 Å². The maximum Gasteiger partial charge on any atom is 0.226 e. The van der Waals surface area contributed by atoms with Crippen LogP contribution in [0.25, 0.3) is 0 Å². The van der Waals surface area contributed by atoms with Crippen LogP contribution in [0.15, 0.2) is 48.8 Å². The monoisotopic (exact) mass is 382 g/mol. The first-order valence-corrected chi connectivity index (χ1v) is 10.3. The molecule has 2 saturated heterocycles. The molecule has 1 amide bonds. The molecule has 0 saturated carbocycles. The molecule has 1 aromatic carbocycles. The van der Waals surface area contributed by atoms with Crippen LogP contribution >= 0.6 is 0 Å². The number of benzene rings is 1. The van der Waals surface area contributed by atoms with E-state index < -0.39 is 0 Å². The molecular formula is C22H30N4O2. The smallest absolute Gasteiger partial charge is 0.226 e. The summed E-state index contributed by atoms with van der Waals surface area (Å²) in [5, 5.41) is 4.33. The van der Waals surface area contributed by atoms with Crippen molar-refractivity contribution in [1.82, 2.24) is 19.6 Å². The number of nitrogens with zero attached hydrogens (tertiary/aromatic N) is 4. The van der Waals surface area contributed by atoms with Crippen LogP contribution in [0.4, 0.5) is 0 Å². The lowest BCUT2D eigenvalue weighted by atomic mass is 9.88. The molecule has 1 unspecified atom stereocenters. The van der Waals surface area contributed by atoms with E-state index in [1.807, 2.05) is 58.4 Å². The minimum atomic E-state index is -0.111. The average molecular weight is 383 g/mol. The molecule has 0 N–H and O–H groups in total. The predicted octanol–water partition coefficient (Wildman–Crippen LogP) is 2.21. The number of piperidine rings is 1.